The molecule has 4 nitrogen and oxygen atoms in total. The summed E-state index contributed by atoms with van der Waals surface area (Å²) in [4.78, 5) is 18.4. The minimum absolute atomic E-state index is 0.376. The molecule has 96 valence electrons. The first-order valence-corrected chi connectivity index (χ1v) is 6.61. The van der Waals surface area contributed by atoms with E-state index in [1.54, 1.807) is 16.8 Å². The molecule has 1 unspecified atom stereocenters. The smallest absolute Gasteiger partial charge is 0.320 e. The molecule has 0 aliphatic rings. The molecule has 0 spiro atoms. The Morgan fingerprint density at radius 3 is 2.65 bits per heavy atom. The molecule has 0 fully saturated rings. The van der Waals surface area contributed by atoms with Crippen molar-refractivity contribution in [3.63, 3.8) is 0 Å². The van der Waals surface area contributed by atoms with Crippen LogP contribution in [-0.4, -0.2) is 34.0 Å². The van der Waals surface area contributed by atoms with E-state index in [4.69, 9.17) is 0 Å². The van der Waals surface area contributed by atoms with Gasteiger partial charge in [-0.25, -0.2) is 4.98 Å². The molecule has 17 heavy (non-hydrogen) atoms. The van der Waals surface area contributed by atoms with Crippen molar-refractivity contribution in [3.05, 3.63) is 16.1 Å². The van der Waals surface area contributed by atoms with Gasteiger partial charge in [-0.2, -0.15) is 0 Å². The van der Waals surface area contributed by atoms with Crippen LogP contribution in [0.5, 0.6) is 0 Å². The van der Waals surface area contributed by atoms with E-state index >= 15 is 0 Å². The van der Waals surface area contributed by atoms with Gasteiger partial charge in [0.1, 0.15) is 6.04 Å². The second kappa shape index (κ2) is 6.12. The third kappa shape index (κ3) is 4.09. The number of nitrogens with zero attached hydrogens (tertiary/aromatic N) is 2. The highest BCUT2D eigenvalue weighted by molar-refractivity contribution is 7.09. The molecule has 1 atom stereocenters. The second-order valence-corrected chi connectivity index (χ2v) is 5.70. The zero-order chi connectivity index (χ0) is 13.0. The quantitative estimate of drug-likeness (QED) is 0.849. The lowest BCUT2D eigenvalue weighted by molar-refractivity contribution is -0.143. The van der Waals surface area contributed by atoms with Crippen LogP contribution in [0.3, 0.4) is 0 Å². The van der Waals surface area contributed by atoms with Crippen molar-refractivity contribution in [2.24, 2.45) is 5.92 Å². The maximum Gasteiger partial charge on any atom is 0.320 e. The van der Waals surface area contributed by atoms with E-state index in [0.29, 0.717) is 18.9 Å². The molecule has 5 heteroatoms. The number of aromatic nitrogens is 1. The van der Waals surface area contributed by atoms with E-state index in [0.717, 1.165) is 10.6 Å². The fraction of sp³-hybridized carbons (Fsp3) is 0.667. The van der Waals surface area contributed by atoms with E-state index in [-0.39, 0.29) is 0 Å². The molecule has 0 saturated heterocycles. The number of aliphatic carboxylic acids is 1. The van der Waals surface area contributed by atoms with Crippen molar-refractivity contribution < 1.29 is 9.90 Å². The fourth-order valence-electron chi connectivity index (χ4n) is 1.73. The third-order valence-corrected chi connectivity index (χ3v) is 3.67. The van der Waals surface area contributed by atoms with Crippen LogP contribution in [0.2, 0.25) is 0 Å². The maximum absolute atomic E-state index is 11.2. The lowest BCUT2D eigenvalue weighted by Crippen LogP contribution is -2.38. The van der Waals surface area contributed by atoms with Crippen molar-refractivity contribution in [2.75, 3.05) is 7.05 Å². The van der Waals surface area contributed by atoms with Crippen LogP contribution in [0.15, 0.2) is 5.51 Å². The predicted molar refractivity (Wildman–Crippen MR) is 69.2 cm³/mol. The lowest BCUT2D eigenvalue weighted by Gasteiger charge is -2.25. The van der Waals surface area contributed by atoms with Gasteiger partial charge in [-0.1, -0.05) is 13.8 Å². The van der Waals surface area contributed by atoms with Gasteiger partial charge in [-0.15, -0.1) is 11.3 Å². The van der Waals surface area contributed by atoms with Gasteiger partial charge in [-0.05, 0) is 26.3 Å². The van der Waals surface area contributed by atoms with Gasteiger partial charge >= 0.3 is 5.97 Å². The van der Waals surface area contributed by atoms with Gasteiger partial charge in [0.15, 0.2) is 0 Å². The molecule has 1 N–H and O–H groups in total. The number of rotatable bonds is 6. The highest BCUT2D eigenvalue weighted by atomic mass is 32.1. The van der Waals surface area contributed by atoms with Crippen molar-refractivity contribution in [3.8, 4) is 0 Å². The Bertz CT molecular complexity index is 376. The minimum atomic E-state index is -0.747. The molecule has 0 aliphatic heterocycles. The first kappa shape index (κ1) is 14.1. The van der Waals surface area contributed by atoms with Crippen LogP contribution in [-0.2, 0) is 11.3 Å². The lowest BCUT2D eigenvalue weighted by atomic mass is 10.0. The predicted octanol–water partition coefficient (Wildman–Crippen LogP) is 2.38. The number of hydrogen-bond acceptors (Lipinski definition) is 4. The zero-order valence-corrected chi connectivity index (χ0v) is 11.6. The topological polar surface area (TPSA) is 53.4 Å². The molecule has 1 aromatic heterocycles. The molecular weight excluding hydrogens is 236 g/mol. The summed E-state index contributed by atoms with van der Waals surface area (Å²) in [7, 11) is 1.86. The van der Waals surface area contributed by atoms with Gasteiger partial charge in [0.05, 0.1) is 11.2 Å². The number of carboxylic acid groups (broad SMARTS) is 1. The fourth-order valence-corrected chi connectivity index (χ4v) is 2.57. The van der Waals surface area contributed by atoms with E-state index in [9.17, 15) is 9.90 Å². The first-order valence-electron chi connectivity index (χ1n) is 5.73. The van der Waals surface area contributed by atoms with Crippen molar-refractivity contribution in [1.29, 1.82) is 0 Å². The van der Waals surface area contributed by atoms with Crippen LogP contribution in [0.1, 0.15) is 30.8 Å². The monoisotopic (exact) mass is 256 g/mol. The van der Waals surface area contributed by atoms with Crippen molar-refractivity contribution in [2.45, 2.75) is 39.8 Å². The summed E-state index contributed by atoms with van der Waals surface area (Å²) in [6.07, 6.45) is 0.670. The summed E-state index contributed by atoms with van der Waals surface area (Å²) in [6, 6.07) is -0.420. The standard InChI is InChI=1S/C12H20N2O2S/c1-8(2)5-10(12(15)16)14(4)6-11-9(3)13-7-17-11/h7-8,10H,5-6H2,1-4H3,(H,15,16). The first-order chi connectivity index (χ1) is 7.91. The Morgan fingerprint density at radius 2 is 2.24 bits per heavy atom. The summed E-state index contributed by atoms with van der Waals surface area (Å²) in [5, 5.41) is 9.24. The Balaban J connectivity index is 2.68. The largest absolute Gasteiger partial charge is 0.480 e. The number of carboxylic acids is 1. The molecule has 0 amide bonds. The van der Waals surface area contributed by atoms with E-state index < -0.39 is 12.0 Å². The third-order valence-electron chi connectivity index (χ3n) is 2.75. The van der Waals surface area contributed by atoms with Crippen molar-refractivity contribution >= 4 is 17.3 Å². The molecule has 1 heterocycles. The molecule has 0 aromatic carbocycles. The van der Waals surface area contributed by atoms with Gasteiger partial charge in [0.25, 0.3) is 0 Å². The van der Waals surface area contributed by atoms with Gasteiger partial charge < -0.3 is 5.11 Å². The van der Waals surface area contributed by atoms with Crippen LogP contribution >= 0.6 is 11.3 Å². The molecule has 1 rings (SSSR count). The second-order valence-electron chi connectivity index (χ2n) is 4.76. The Morgan fingerprint density at radius 1 is 1.59 bits per heavy atom. The molecule has 0 aliphatic carbocycles. The number of hydrogen-bond donors (Lipinski definition) is 1. The summed E-state index contributed by atoms with van der Waals surface area (Å²) in [5.74, 6) is -0.371. The van der Waals surface area contributed by atoms with E-state index in [2.05, 4.69) is 4.98 Å². The minimum Gasteiger partial charge on any atom is -0.480 e. The van der Waals surface area contributed by atoms with Crippen LogP contribution in [0, 0.1) is 12.8 Å². The molecule has 0 radical (unpaired) electrons. The molecule has 0 saturated carbocycles. The van der Waals surface area contributed by atoms with E-state index in [1.165, 1.54) is 0 Å². The summed E-state index contributed by atoms with van der Waals surface area (Å²) < 4.78 is 0. The molecule has 1 aromatic rings. The van der Waals surface area contributed by atoms with Gasteiger partial charge in [0, 0.05) is 11.4 Å². The Hall–Kier alpha value is -0.940. The maximum atomic E-state index is 11.2. The van der Waals surface area contributed by atoms with Gasteiger partial charge in [-0.3, -0.25) is 9.69 Å². The van der Waals surface area contributed by atoms with Crippen LogP contribution < -0.4 is 0 Å². The number of carbonyl (C=O) groups is 1. The molecule has 0 bridgehead atoms. The highest BCUT2D eigenvalue weighted by Crippen LogP contribution is 2.18. The highest BCUT2D eigenvalue weighted by Gasteiger charge is 2.24. The molecular formula is C12H20N2O2S. The van der Waals surface area contributed by atoms with Crippen LogP contribution in [0.4, 0.5) is 0 Å². The number of aryl methyl sites for hydroxylation is 1. The average molecular weight is 256 g/mol. The van der Waals surface area contributed by atoms with Gasteiger partial charge in [0.2, 0.25) is 0 Å². The Labute approximate surface area is 106 Å². The SMILES string of the molecule is Cc1ncsc1CN(C)C(CC(C)C)C(=O)O. The summed E-state index contributed by atoms with van der Waals surface area (Å²) in [6.45, 7) is 6.70. The number of likely N-dealkylation sites (N-methyl/N-ethyl adjacent to an activating group) is 1. The van der Waals surface area contributed by atoms with E-state index in [1.807, 2.05) is 32.7 Å². The summed E-state index contributed by atoms with van der Waals surface area (Å²) in [5.41, 5.74) is 2.80. The normalized spacial score (nSPS) is 13.3. The average Bonchev–Trinajstić information content (AvgIpc) is 2.60. The van der Waals surface area contributed by atoms with Crippen LogP contribution in [0.25, 0.3) is 0 Å². The summed E-state index contributed by atoms with van der Waals surface area (Å²) >= 11 is 1.58. The Kier molecular flexibility index (Phi) is 5.08. The number of thiazole rings is 1. The van der Waals surface area contributed by atoms with Crippen molar-refractivity contribution in [1.82, 2.24) is 9.88 Å². The zero-order valence-electron chi connectivity index (χ0n) is 10.8.